The lowest BCUT2D eigenvalue weighted by atomic mass is 10.1. The number of hydrogen-bond acceptors (Lipinski definition) is 5. The number of nitrogens with two attached hydrogens (primary N) is 1. The summed E-state index contributed by atoms with van der Waals surface area (Å²) in [6, 6.07) is 4.86. The first-order valence-electron chi connectivity index (χ1n) is 10.1. The van der Waals surface area contributed by atoms with Crippen LogP contribution in [0, 0.1) is 13.8 Å². The number of carbonyl (C=O) groups excluding carboxylic acids is 2. The molecule has 33 heavy (non-hydrogen) atoms. The van der Waals surface area contributed by atoms with E-state index < -0.39 is 23.6 Å². The van der Waals surface area contributed by atoms with Crippen molar-refractivity contribution in [1.29, 1.82) is 0 Å². The number of amides is 2. The number of nitrogen functional groups attached to an aromatic ring is 1. The number of anilines is 3. The molecule has 0 saturated heterocycles. The zero-order valence-electron chi connectivity index (χ0n) is 18.1. The summed E-state index contributed by atoms with van der Waals surface area (Å²) in [5.41, 5.74) is 6.58. The fraction of sp³-hybridized carbons (Fsp3) is 0.273. The van der Waals surface area contributed by atoms with Crippen LogP contribution in [0.2, 0.25) is 0 Å². The molecule has 1 aliphatic rings. The second-order valence-electron chi connectivity index (χ2n) is 8.01. The van der Waals surface area contributed by atoms with Gasteiger partial charge in [0.2, 0.25) is 0 Å². The maximum atomic E-state index is 13.3. The van der Waals surface area contributed by atoms with Crippen molar-refractivity contribution in [3.8, 4) is 0 Å². The van der Waals surface area contributed by atoms with Gasteiger partial charge in [-0.2, -0.15) is 18.3 Å². The number of alkyl halides is 3. The van der Waals surface area contributed by atoms with E-state index in [9.17, 15) is 22.8 Å². The molecule has 1 atom stereocenters. The van der Waals surface area contributed by atoms with Crippen LogP contribution in [0.1, 0.15) is 50.5 Å². The molecule has 2 amide bonds. The molecule has 3 heterocycles. The van der Waals surface area contributed by atoms with Gasteiger partial charge in [0.1, 0.15) is 5.82 Å². The lowest BCUT2D eigenvalue weighted by Crippen LogP contribution is -2.43. The Hall–Kier alpha value is -3.89. The van der Waals surface area contributed by atoms with E-state index in [1.165, 1.54) is 41.0 Å². The molecule has 2 aromatic heterocycles. The standard InChI is InChI=1S/C22H21F3N6O2/c1-11-6-15(19(26)27-8-11)20(32)29-17-9-28-31-13(3)10-30(21(33)18(17)31)14-4-5-16(12(2)7-14)22(23,24)25/h4-9,13H,10H2,1-3H3,(H2,26,27)(H,29,32)/t13-/m0/s1. The average Bonchev–Trinajstić information content (AvgIpc) is 3.15. The largest absolute Gasteiger partial charge is 0.416 e. The van der Waals surface area contributed by atoms with Crippen molar-refractivity contribution in [3.05, 3.63) is 64.6 Å². The third-order valence-electron chi connectivity index (χ3n) is 5.48. The molecule has 0 aliphatic carbocycles. The summed E-state index contributed by atoms with van der Waals surface area (Å²) in [4.78, 5) is 31.5. The SMILES string of the molecule is Cc1cnc(N)c(C(=O)Nc2cnn3c2C(=O)N(c2ccc(C(F)(F)F)c(C)c2)C[C@@H]3C)c1. The number of fused-ring (bicyclic) bond motifs is 1. The van der Waals surface area contributed by atoms with E-state index >= 15 is 0 Å². The minimum atomic E-state index is -4.48. The predicted octanol–water partition coefficient (Wildman–Crippen LogP) is 3.97. The Morgan fingerprint density at radius 2 is 1.94 bits per heavy atom. The van der Waals surface area contributed by atoms with E-state index in [0.717, 1.165) is 11.6 Å². The Balaban J connectivity index is 1.67. The molecular formula is C22H21F3N6O2. The zero-order chi connectivity index (χ0) is 24.1. The highest BCUT2D eigenvalue weighted by atomic mass is 19.4. The van der Waals surface area contributed by atoms with E-state index in [4.69, 9.17) is 5.73 Å². The highest BCUT2D eigenvalue weighted by molar-refractivity contribution is 6.14. The lowest BCUT2D eigenvalue weighted by Gasteiger charge is -2.32. The minimum Gasteiger partial charge on any atom is -0.383 e. The second kappa shape index (κ2) is 7.91. The van der Waals surface area contributed by atoms with Crippen molar-refractivity contribution < 1.29 is 22.8 Å². The van der Waals surface area contributed by atoms with E-state index in [2.05, 4.69) is 15.4 Å². The summed E-state index contributed by atoms with van der Waals surface area (Å²) in [5, 5.41) is 6.88. The number of pyridine rings is 1. The summed E-state index contributed by atoms with van der Waals surface area (Å²) < 4.78 is 40.9. The number of nitrogens with zero attached hydrogens (tertiary/aromatic N) is 4. The van der Waals surface area contributed by atoms with Gasteiger partial charge in [0.15, 0.2) is 5.69 Å². The quantitative estimate of drug-likeness (QED) is 0.618. The first-order chi connectivity index (χ1) is 15.5. The lowest BCUT2D eigenvalue weighted by molar-refractivity contribution is -0.138. The smallest absolute Gasteiger partial charge is 0.383 e. The molecule has 0 spiro atoms. The Labute approximate surface area is 187 Å². The Kier molecular flexibility index (Phi) is 5.35. The van der Waals surface area contributed by atoms with E-state index in [1.54, 1.807) is 13.0 Å². The van der Waals surface area contributed by atoms with Gasteiger partial charge in [-0.3, -0.25) is 14.3 Å². The van der Waals surface area contributed by atoms with Gasteiger partial charge in [0, 0.05) is 18.4 Å². The fourth-order valence-corrected chi connectivity index (χ4v) is 3.86. The number of nitrogens with one attached hydrogen (secondary N) is 1. The van der Waals surface area contributed by atoms with Crippen LogP contribution in [-0.2, 0) is 6.18 Å². The molecule has 1 aliphatic heterocycles. The zero-order valence-corrected chi connectivity index (χ0v) is 18.1. The fourth-order valence-electron chi connectivity index (χ4n) is 3.86. The topological polar surface area (TPSA) is 106 Å². The van der Waals surface area contributed by atoms with Gasteiger partial charge in [-0.15, -0.1) is 0 Å². The molecule has 172 valence electrons. The Bertz CT molecular complexity index is 1270. The first kappa shape index (κ1) is 22.3. The number of aryl methyl sites for hydroxylation is 2. The first-order valence-corrected chi connectivity index (χ1v) is 10.1. The molecule has 11 heteroatoms. The third-order valence-corrected chi connectivity index (χ3v) is 5.48. The maximum Gasteiger partial charge on any atom is 0.416 e. The molecular weight excluding hydrogens is 437 g/mol. The van der Waals surface area contributed by atoms with Gasteiger partial charge in [-0.25, -0.2) is 4.98 Å². The third kappa shape index (κ3) is 4.01. The number of hydrogen-bond donors (Lipinski definition) is 2. The van der Waals surface area contributed by atoms with Crippen molar-refractivity contribution in [2.24, 2.45) is 0 Å². The average molecular weight is 458 g/mol. The molecule has 4 rings (SSSR count). The molecule has 0 radical (unpaired) electrons. The number of benzene rings is 1. The highest BCUT2D eigenvalue weighted by Crippen LogP contribution is 2.36. The van der Waals surface area contributed by atoms with Gasteiger partial charge in [0.05, 0.1) is 29.1 Å². The van der Waals surface area contributed by atoms with Crippen LogP contribution in [0.3, 0.4) is 0 Å². The van der Waals surface area contributed by atoms with Crippen LogP contribution in [0.15, 0.2) is 36.7 Å². The van der Waals surface area contributed by atoms with Crippen molar-refractivity contribution in [3.63, 3.8) is 0 Å². The van der Waals surface area contributed by atoms with Crippen molar-refractivity contribution in [2.45, 2.75) is 33.0 Å². The molecule has 0 fully saturated rings. The number of aromatic nitrogens is 3. The van der Waals surface area contributed by atoms with Crippen molar-refractivity contribution >= 4 is 29.0 Å². The van der Waals surface area contributed by atoms with Crippen LogP contribution in [-0.4, -0.2) is 33.1 Å². The molecule has 3 aromatic rings. The predicted molar refractivity (Wildman–Crippen MR) is 116 cm³/mol. The van der Waals surface area contributed by atoms with Gasteiger partial charge < -0.3 is 16.0 Å². The van der Waals surface area contributed by atoms with Gasteiger partial charge >= 0.3 is 6.18 Å². The van der Waals surface area contributed by atoms with E-state index in [0.29, 0.717) is 5.69 Å². The van der Waals surface area contributed by atoms with Gasteiger partial charge in [-0.1, -0.05) is 0 Å². The van der Waals surface area contributed by atoms with Crippen LogP contribution >= 0.6 is 0 Å². The van der Waals surface area contributed by atoms with Crippen molar-refractivity contribution in [2.75, 3.05) is 22.5 Å². The molecule has 3 N–H and O–H groups in total. The summed E-state index contributed by atoms with van der Waals surface area (Å²) in [5.74, 6) is -1.00. The maximum absolute atomic E-state index is 13.3. The molecule has 0 unspecified atom stereocenters. The minimum absolute atomic E-state index is 0.00971. The van der Waals surface area contributed by atoms with Crippen LogP contribution in [0.4, 0.5) is 30.4 Å². The molecule has 8 nitrogen and oxygen atoms in total. The number of halogens is 3. The molecule has 0 saturated carbocycles. The van der Waals surface area contributed by atoms with E-state index in [-0.39, 0.29) is 40.9 Å². The summed E-state index contributed by atoms with van der Waals surface area (Å²) in [6.45, 7) is 5.14. The highest BCUT2D eigenvalue weighted by Gasteiger charge is 2.36. The Morgan fingerprint density at radius 1 is 1.21 bits per heavy atom. The number of rotatable bonds is 3. The summed E-state index contributed by atoms with van der Waals surface area (Å²) in [7, 11) is 0. The summed E-state index contributed by atoms with van der Waals surface area (Å²) in [6.07, 6.45) is -1.59. The molecule has 0 bridgehead atoms. The monoisotopic (exact) mass is 458 g/mol. The van der Waals surface area contributed by atoms with Gasteiger partial charge in [0.25, 0.3) is 11.8 Å². The van der Waals surface area contributed by atoms with Crippen LogP contribution in [0.25, 0.3) is 0 Å². The van der Waals surface area contributed by atoms with Gasteiger partial charge in [-0.05, 0) is 56.2 Å². The number of carbonyl (C=O) groups is 2. The normalized spacial score (nSPS) is 16.0. The summed E-state index contributed by atoms with van der Waals surface area (Å²) >= 11 is 0. The van der Waals surface area contributed by atoms with Crippen LogP contribution in [0.5, 0.6) is 0 Å². The van der Waals surface area contributed by atoms with Crippen LogP contribution < -0.4 is 16.0 Å². The molecule has 1 aromatic carbocycles. The Morgan fingerprint density at radius 3 is 2.61 bits per heavy atom. The van der Waals surface area contributed by atoms with E-state index in [1.807, 2.05) is 6.92 Å². The second-order valence-corrected chi connectivity index (χ2v) is 8.01. The van der Waals surface area contributed by atoms with Crippen molar-refractivity contribution in [1.82, 2.24) is 14.8 Å².